The SMILES string of the molecule is N[C@@H]1CC[C@@H](c2[nH]ncc2CC(=O)c2csc(-c3c(F)cccc3F)n2)OC[C@H]1F. The van der Waals surface area contributed by atoms with Crippen LogP contribution in [0.4, 0.5) is 13.2 Å². The van der Waals surface area contributed by atoms with Gasteiger partial charge in [-0.1, -0.05) is 6.07 Å². The molecule has 3 aromatic rings. The first-order chi connectivity index (χ1) is 14.4. The van der Waals surface area contributed by atoms with E-state index >= 15 is 0 Å². The van der Waals surface area contributed by atoms with Gasteiger partial charge in [0.2, 0.25) is 0 Å². The molecule has 0 saturated carbocycles. The van der Waals surface area contributed by atoms with E-state index in [9.17, 15) is 18.0 Å². The number of hydrogen-bond acceptors (Lipinski definition) is 6. The lowest BCUT2D eigenvalue weighted by Gasteiger charge is -2.14. The van der Waals surface area contributed by atoms with Crippen LogP contribution in [0.25, 0.3) is 10.6 Å². The summed E-state index contributed by atoms with van der Waals surface area (Å²) in [5, 5.41) is 8.38. The molecule has 0 amide bonds. The van der Waals surface area contributed by atoms with Gasteiger partial charge >= 0.3 is 0 Å². The van der Waals surface area contributed by atoms with Gasteiger partial charge in [0.15, 0.2) is 5.78 Å². The van der Waals surface area contributed by atoms with Gasteiger partial charge in [-0.2, -0.15) is 5.10 Å². The van der Waals surface area contributed by atoms with Crippen LogP contribution in [0.3, 0.4) is 0 Å². The van der Waals surface area contributed by atoms with Crippen LogP contribution >= 0.6 is 11.3 Å². The Bertz CT molecular complexity index is 1020. The number of alkyl halides is 1. The van der Waals surface area contributed by atoms with Gasteiger partial charge in [-0.3, -0.25) is 9.89 Å². The van der Waals surface area contributed by atoms with Crippen molar-refractivity contribution < 1.29 is 22.7 Å². The standard InChI is InChI=1S/C20H19F3N4O2S/c21-11-2-1-3-12(22)18(11)20-26-15(9-30-20)16(28)6-10-7-25-27-19(10)17-5-4-14(24)13(23)8-29-17/h1-3,7,9,13-14,17H,4-6,8,24H2,(H,25,27)/t13-,14-,17+/m1/s1. The quantitative estimate of drug-likeness (QED) is 0.594. The van der Waals surface area contributed by atoms with Crippen molar-refractivity contribution >= 4 is 17.1 Å². The van der Waals surface area contributed by atoms with E-state index in [1.165, 1.54) is 17.6 Å². The summed E-state index contributed by atoms with van der Waals surface area (Å²) in [6.07, 6.45) is 0.744. The fourth-order valence-corrected chi connectivity index (χ4v) is 4.26. The lowest BCUT2D eigenvalue weighted by Crippen LogP contribution is -2.32. The lowest BCUT2D eigenvalue weighted by molar-refractivity contribution is 0.0259. The highest BCUT2D eigenvalue weighted by molar-refractivity contribution is 7.13. The Labute approximate surface area is 174 Å². The van der Waals surface area contributed by atoms with Crippen LogP contribution < -0.4 is 5.73 Å². The number of rotatable bonds is 5. The van der Waals surface area contributed by atoms with Crippen molar-refractivity contribution in [2.75, 3.05) is 6.61 Å². The van der Waals surface area contributed by atoms with Crippen molar-refractivity contribution in [3.8, 4) is 10.6 Å². The zero-order valence-corrected chi connectivity index (χ0v) is 16.6. The Morgan fingerprint density at radius 2 is 2.07 bits per heavy atom. The number of aromatic amines is 1. The number of nitrogens with zero attached hydrogens (tertiary/aromatic N) is 2. The summed E-state index contributed by atoms with van der Waals surface area (Å²) in [5.74, 6) is -1.81. The van der Waals surface area contributed by atoms with Crippen LogP contribution in [0.15, 0.2) is 29.8 Å². The van der Waals surface area contributed by atoms with E-state index in [0.717, 1.165) is 23.5 Å². The lowest BCUT2D eigenvalue weighted by atomic mass is 10.0. The van der Waals surface area contributed by atoms with Gasteiger partial charge in [-0.15, -0.1) is 11.3 Å². The highest BCUT2D eigenvalue weighted by atomic mass is 32.1. The number of ether oxygens (including phenoxy) is 1. The Hall–Kier alpha value is -2.56. The Balaban J connectivity index is 1.51. The van der Waals surface area contributed by atoms with Crippen molar-refractivity contribution in [1.82, 2.24) is 15.2 Å². The smallest absolute Gasteiger partial charge is 0.186 e. The molecule has 3 heterocycles. The summed E-state index contributed by atoms with van der Waals surface area (Å²) >= 11 is 0.992. The number of benzene rings is 1. The van der Waals surface area contributed by atoms with E-state index in [4.69, 9.17) is 10.5 Å². The number of halogens is 3. The number of Topliss-reactive ketones (excluding diaryl/α,β-unsaturated/α-hetero) is 1. The van der Waals surface area contributed by atoms with Crippen molar-refractivity contribution in [1.29, 1.82) is 0 Å². The topological polar surface area (TPSA) is 93.9 Å². The average molecular weight is 436 g/mol. The molecular formula is C20H19F3N4O2S. The highest BCUT2D eigenvalue weighted by Crippen LogP contribution is 2.31. The maximum Gasteiger partial charge on any atom is 0.186 e. The van der Waals surface area contributed by atoms with E-state index < -0.39 is 30.0 Å². The van der Waals surface area contributed by atoms with Gasteiger partial charge in [0.05, 0.1) is 30.2 Å². The zero-order chi connectivity index (χ0) is 21.3. The minimum atomic E-state index is -1.24. The molecule has 0 bridgehead atoms. The number of carbonyl (C=O) groups is 1. The van der Waals surface area contributed by atoms with Crippen molar-refractivity contribution in [3.63, 3.8) is 0 Å². The second-order valence-corrected chi connectivity index (χ2v) is 7.98. The largest absolute Gasteiger partial charge is 0.369 e. The maximum absolute atomic E-state index is 14.0. The molecule has 0 radical (unpaired) electrons. The summed E-state index contributed by atoms with van der Waals surface area (Å²) in [4.78, 5) is 16.8. The third kappa shape index (κ3) is 4.16. The number of nitrogens with one attached hydrogen (secondary N) is 1. The molecule has 158 valence electrons. The number of hydrogen-bond donors (Lipinski definition) is 2. The van der Waals surface area contributed by atoms with E-state index in [-0.39, 0.29) is 35.1 Å². The minimum Gasteiger partial charge on any atom is -0.369 e. The molecule has 1 aliphatic rings. The molecule has 0 aliphatic carbocycles. The molecular weight excluding hydrogens is 417 g/mol. The molecule has 0 unspecified atom stereocenters. The van der Waals surface area contributed by atoms with Gasteiger partial charge < -0.3 is 10.5 Å². The molecule has 1 aliphatic heterocycles. The molecule has 6 nitrogen and oxygen atoms in total. The van der Waals surface area contributed by atoms with Gasteiger partial charge in [-0.25, -0.2) is 18.2 Å². The van der Waals surface area contributed by atoms with Crippen LogP contribution in [0.2, 0.25) is 0 Å². The monoisotopic (exact) mass is 436 g/mol. The summed E-state index contributed by atoms with van der Waals surface area (Å²) in [5.41, 5.74) is 6.82. The van der Waals surface area contributed by atoms with Crippen molar-refractivity contribution in [3.05, 3.63) is 58.4 Å². The molecule has 3 atom stereocenters. The number of carbonyl (C=O) groups excluding carboxylic acids is 1. The van der Waals surface area contributed by atoms with E-state index in [1.54, 1.807) is 0 Å². The average Bonchev–Trinajstić information content (AvgIpc) is 3.34. The van der Waals surface area contributed by atoms with Crippen LogP contribution in [0.1, 0.15) is 40.7 Å². The predicted octanol–water partition coefficient (Wildman–Crippen LogP) is 3.75. The predicted molar refractivity (Wildman–Crippen MR) is 105 cm³/mol. The molecule has 2 aromatic heterocycles. The molecule has 1 aromatic carbocycles. The highest BCUT2D eigenvalue weighted by Gasteiger charge is 2.29. The molecule has 0 spiro atoms. The molecule has 10 heteroatoms. The summed E-state index contributed by atoms with van der Waals surface area (Å²) in [6.45, 7) is -0.123. The van der Waals surface area contributed by atoms with Gasteiger partial charge in [0.25, 0.3) is 0 Å². The number of thiazole rings is 1. The maximum atomic E-state index is 14.0. The molecule has 30 heavy (non-hydrogen) atoms. The minimum absolute atomic E-state index is 0.0280. The number of aromatic nitrogens is 3. The summed E-state index contributed by atoms with van der Waals surface area (Å²) < 4.78 is 47.4. The van der Waals surface area contributed by atoms with Crippen LogP contribution in [0, 0.1) is 11.6 Å². The molecule has 3 N–H and O–H groups in total. The van der Waals surface area contributed by atoms with Gasteiger partial charge in [0.1, 0.15) is 28.5 Å². The van der Waals surface area contributed by atoms with Crippen LogP contribution in [0.5, 0.6) is 0 Å². The summed E-state index contributed by atoms with van der Waals surface area (Å²) in [6, 6.07) is 2.96. The first-order valence-corrected chi connectivity index (χ1v) is 10.3. The molecule has 1 fully saturated rings. The first-order valence-electron chi connectivity index (χ1n) is 9.40. The third-order valence-electron chi connectivity index (χ3n) is 5.07. The van der Waals surface area contributed by atoms with Crippen molar-refractivity contribution in [2.24, 2.45) is 5.73 Å². The second kappa shape index (κ2) is 8.66. The number of ketones is 1. The zero-order valence-electron chi connectivity index (χ0n) is 15.8. The Morgan fingerprint density at radius 3 is 2.83 bits per heavy atom. The number of H-pyrrole nitrogens is 1. The summed E-state index contributed by atoms with van der Waals surface area (Å²) in [7, 11) is 0. The van der Waals surface area contributed by atoms with Crippen molar-refractivity contribution in [2.45, 2.75) is 37.6 Å². The fraction of sp³-hybridized carbons (Fsp3) is 0.350. The van der Waals surface area contributed by atoms with Gasteiger partial charge in [0, 0.05) is 23.4 Å². The molecule has 4 rings (SSSR count). The first kappa shape index (κ1) is 20.7. The third-order valence-corrected chi connectivity index (χ3v) is 5.93. The Morgan fingerprint density at radius 1 is 1.30 bits per heavy atom. The van der Waals surface area contributed by atoms with E-state index in [0.29, 0.717) is 24.1 Å². The van der Waals surface area contributed by atoms with Gasteiger partial charge in [-0.05, 0) is 25.0 Å². The van der Waals surface area contributed by atoms with Crippen LogP contribution in [-0.2, 0) is 11.2 Å². The Kier molecular flexibility index (Phi) is 5.98. The second-order valence-electron chi connectivity index (χ2n) is 7.12. The van der Waals surface area contributed by atoms with E-state index in [2.05, 4.69) is 15.2 Å². The van der Waals surface area contributed by atoms with E-state index in [1.807, 2.05) is 0 Å². The fourth-order valence-electron chi connectivity index (χ4n) is 3.39. The number of nitrogens with two attached hydrogens (primary N) is 1. The normalized spacial score (nSPS) is 22.1. The van der Waals surface area contributed by atoms with Crippen LogP contribution in [-0.4, -0.2) is 39.8 Å². The molecule has 1 saturated heterocycles.